The summed E-state index contributed by atoms with van der Waals surface area (Å²) < 4.78 is 37.2. The molecule has 0 radical (unpaired) electrons. The fourth-order valence-electron chi connectivity index (χ4n) is 1.20. The quantitative estimate of drug-likeness (QED) is 0.631. The molecule has 94 valence electrons. The number of aliphatic hydroxyl groups excluding tert-OH is 2. The van der Waals surface area contributed by atoms with Crippen molar-refractivity contribution >= 4 is 5.69 Å². The van der Waals surface area contributed by atoms with Crippen molar-refractivity contribution < 1.29 is 28.3 Å². The van der Waals surface area contributed by atoms with E-state index in [1.807, 2.05) is 0 Å². The molecule has 1 unspecified atom stereocenters. The predicted molar refractivity (Wildman–Crippen MR) is 50.1 cm³/mol. The highest BCUT2D eigenvalue weighted by atomic mass is 19.4. The van der Waals surface area contributed by atoms with E-state index in [0.29, 0.717) is 12.1 Å². The molecule has 5 nitrogen and oxygen atoms in total. The van der Waals surface area contributed by atoms with E-state index < -0.39 is 35.1 Å². The number of hydrogen-bond donors (Lipinski definition) is 2. The third-order valence-corrected chi connectivity index (χ3v) is 2.04. The zero-order valence-electron chi connectivity index (χ0n) is 8.31. The Morgan fingerprint density at radius 1 is 1.35 bits per heavy atom. The lowest BCUT2D eigenvalue weighted by Crippen LogP contribution is -2.09. The number of alkyl halides is 3. The Morgan fingerprint density at radius 3 is 2.35 bits per heavy atom. The largest absolute Gasteiger partial charge is 0.416 e. The molecule has 0 aromatic heterocycles. The van der Waals surface area contributed by atoms with Crippen LogP contribution in [0.3, 0.4) is 0 Å². The summed E-state index contributed by atoms with van der Waals surface area (Å²) in [4.78, 5) is 9.44. The smallest absolute Gasteiger partial charge is 0.393 e. The summed E-state index contributed by atoms with van der Waals surface area (Å²) in [5.74, 6) is 0. The topological polar surface area (TPSA) is 83.6 Å². The molecule has 1 aromatic carbocycles. The minimum Gasteiger partial charge on any atom is -0.393 e. The van der Waals surface area contributed by atoms with Crippen molar-refractivity contribution in [2.45, 2.75) is 12.3 Å². The van der Waals surface area contributed by atoms with Crippen molar-refractivity contribution in [1.29, 1.82) is 0 Å². The van der Waals surface area contributed by atoms with Gasteiger partial charge in [0.1, 0.15) is 6.10 Å². The van der Waals surface area contributed by atoms with E-state index in [0.717, 1.165) is 6.07 Å². The van der Waals surface area contributed by atoms with E-state index in [1.54, 1.807) is 0 Å². The summed E-state index contributed by atoms with van der Waals surface area (Å²) in [6.07, 6.45) is -6.34. The Morgan fingerprint density at radius 2 is 1.94 bits per heavy atom. The van der Waals surface area contributed by atoms with Crippen LogP contribution in [0.1, 0.15) is 17.2 Å². The molecule has 1 rings (SSSR count). The van der Waals surface area contributed by atoms with E-state index in [1.165, 1.54) is 0 Å². The first-order valence-electron chi connectivity index (χ1n) is 4.41. The highest BCUT2D eigenvalue weighted by Crippen LogP contribution is 2.33. The van der Waals surface area contributed by atoms with E-state index in [2.05, 4.69) is 0 Å². The van der Waals surface area contributed by atoms with Crippen LogP contribution < -0.4 is 0 Å². The summed E-state index contributed by atoms with van der Waals surface area (Å²) >= 11 is 0. The van der Waals surface area contributed by atoms with E-state index >= 15 is 0 Å². The molecular weight excluding hydrogens is 243 g/mol. The molecule has 0 saturated heterocycles. The van der Waals surface area contributed by atoms with Gasteiger partial charge in [0, 0.05) is 12.1 Å². The first kappa shape index (κ1) is 13.4. The number of nitrogens with zero attached hydrogens (tertiary/aromatic N) is 1. The first-order chi connectivity index (χ1) is 7.75. The van der Waals surface area contributed by atoms with Crippen LogP contribution in [-0.4, -0.2) is 21.7 Å². The molecule has 0 spiro atoms. The maximum Gasteiger partial charge on any atom is 0.416 e. The van der Waals surface area contributed by atoms with E-state index in [-0.39, 0.29) is 5.56 Å². The van der Waals surface area contributed by atoms with Gasteiger partial charge in [-0.1, -0.05) is 0 Å². The molecule has 0 aliphatic rings. The Labute approximate surface area is 93.3 Å². The molecular formula is C9H8F3NO4. The molecule has 0 saturated carbocycles. The van der Waals surface area contributed by atoms with Gasteiger partial charge in [0.25, 0.3) is 5.69 Å². The van der Waals surface area contributed by atoms with Crippen LogP contribution in [0.5, 0.6) is 0 Å². The lowest BCUT2D eigenvalue weighted by Gasteiger charge is -2.11. The molecule has 0 bridgehead atoms. The lowest BCUT2D eigenvalue weighted by atomic mass is 10.0. The van der Waals surface area contributed by atoms with Crippen LogP contribution in [0.4, 0.5) is 18.9 Å². The van der Waals surface area contributed by atoms with Crippen molar-refractivity contribution in [2.24, 2.45) is 0 Å². The fourth-order valence-corrected chi connectivity index (χ4v) is 1.20. The Kier molecular flexibility index (Phi) is 3.69. The molecule has 2 N–H and O–H groups in total. The molecule has 0 amide bonds. The normalized spacial score (nSPS) is 13.5. The average molecular weight is 251 g/mol. The van der Waals surface area contributed by atoms with Crippen molar-refractivity contribution in [3.05, 3.63) is 39.4 Å². The number of aliphatic hydroxyl groups is 2. The second kappa shape index (κ2) is 4.68. The molecule has 17 heavy (non-hydrogen) atoms. The molecule has 0 aliphatic heterocycles. The SMILES string of the molecule is O=[N+]([O-])c1cc(C(O)CO)cc(C(F)(F)F)c1. The number of hydrogen-bond acceptors (Lipinski definition) is 4. The third kappa shape index (κ3) is 3.14. The van der Waals surface area contributed by atoms with Crippen molar-refractivity contribution in [3.63, 3.8) is 0 Å². The van der Waals surface area contributed by atoms with Crippen LogP contribution in [0.15, 0.2) is 18.2 Å². The van der Waals surface area contributed by atoms with Crippen LogP contribution in [0.25, 0.3) is 0 Å². The first-order valence-corrected chi connectivity index (χ1v) is 4.41. The summed E-state index contributed by atoms with van der Waals surface area (Å²) in [5, 5.41) is 28.2. The number of benzene rings is 1. The van der Waals surface area contributed by atoms with Gasteiger partial charge >= 0.3 is 6.18 Å². The molecule has 0 heterocycles. The minimum atomic E-state index is -4.75. The average Bonchev–Trinajstić information content (AvgIpc) is 2.26. The molecule has 0 fully saturated rings. The zero-order valence-corrected chi connectivity index (χ0v) is 8.31. The van der Waals surface area contributed by atoms with Crippen LogP contribution in [0.2, 0.25) is 0 Å². The number of nitro benzene ring substituents is 1. The third-order valence-electron chi connectivity index (χ3n) is 2.04. The fraction of sp³-hybridized carbons (Fsp3) is 0.333. The van der Waals surface area contributed by atoms with Gasteiger partial charge in [0.15, 0.2) is 0 Å². The van der Waals surface area contributed by atoms with Gasteiger partial charge < -0.3 is 10.2 Å². The van der Waals surface area contributed by atoms with E-state index in [9.17, 15) is 28.4 Å². The second-order valence-corrected chi connectivity index (χ2v) is 3.27. The van der Waals surface area contributed by atoms with Gasteiger partial charge in [-0.3, -0.25) is 10.1 Å². The summed E-state index contributed by atoms with van der Waals surface area (Å²) in [6, 6.07) is 1.72. The predicted octanol–water partition coefficient (Wildman–Crippen LogP) is 1.64. The van der Waals surface area contributed by atoms with Crippen LogP contribution in [0, 0.1) is 10.1 Å². The van der Waals surface area contributed by atoms with Gasteiger partial charge in [0.05, 0.1) is 17.1 Å². The van der Waals surface area contributed by atoms with Crippen LogP contribution >= 0.6 is 0 Å². The van der Waals surface area contributed by atoms with Crippen LogP contribution in [-0.2, 0) is 6.18 Å². The number of halogens is 3. The Balaban J connectivity index is 3.34. The zero-order chi connectivity index (χ0) is 13.2. The van der Waals surface area contributed by atoms with Gasteiger partial charge in [-0.15, -0.1) is 0 Å². The standard InChI is InChI=1S/C9H8F3NO4/c10-9(11,12)6-1-5(8(15)4-14)2-7(3-6)13(16)17/h1-3,8,14-15H,4H2. The maximum atomic E-state index is 12.4. The molecule has 1 aromatic rings. The van der Waals surface area contributed by atoms with Crippen molar-refractivity contribution in [2.75, 3.05) is 6.61 Å². The van der Waals surface area contributed by atoms with Crippen molar-refractivity contribution in [1.82, 2.24) is 0 Å². The summed E-state index contributed by atoms with van der Waals surface area (Å²) in [5.41, 5.74) is -2.38. The van der Waals surface area contributed by atoms with Crippen molar-refractivity contribution in [3.8, 4) is 0 Å². The highest BCUT2D eigenvalue weighted by Gasteiger charge is 2.33. The monoisotopic (exact) mass is 251 g/mol. The van der Waals surface area contributed by atoms with Gasteiger partial charge in [-0.2, -0.15) is 13.2 Å². The Hall–Kier alpha value is -1.67. The van der Waals surface area contributed by atoms with Gasteiger partial charge in [-0.25, -0.2) is 0 Å². The molecule has 1 atom stereocenters. The number of non-ortho nitro benzene ring substituents is 1. The lowest BCUT2D eigenvalue weighted by molar-refractivity contribution is -0.385. The number of rotatable bonds is 3. The number of nitro groups is 1. The Bertz CT molecular complexity index is 433. The molecule has 8 heteroatoms. The second-order valence-electron chi connectivity index (χ2n) is 3.27. The summed E-state index contributed by atoms with van der Waals surface area (Å²) in [6.45, 7) is -0.821. The van der Waals surface area contributed by atoms with E-state index in [4.69, 9.17) is 5.11 Å². The minimum absolute atomic E-state index is 0.353. The molecule has 0 aliphatic carbocycles. The maximum absolute atomic E-state index is 12.4. The summed E-state index contributed by atoms with van der Waals surface area (Å²) in [7, 11) is 0. The van der Waals surface area contributed by atoms with Gasteiger partial charge in [-0.05, 0) is 11.6 Å². The highest BCUT2D eigenvalue weighted by molar-refractivity contribution is 5.41. The van der Waals surface area contributed by atoms with Gasteiger partial charge in [0.2, 0.25) is 0 Å².